The van der Waals surface area contributed by atoms with E-state index in [0.29, 0.717) is 19.5 Å². The van der Waals surface area contributed by atoms with Crippen LogP contribution in [0.25, 0.3) is 11.1 Å². The molecule has 0 spiro atoms. The number of carbonyl (C=O) groups is 2. The van der Waals surface area contributed by atoms with Crippen LogP contribution >= 0.6 is 0 Å². The van der Waals surface area contributed by atoms with Crippen molar-refractivity contribution in [2.75, 3.05) is 13.6 Å². The summed E-state index contributed by atoms with van der Waals surface area (Å²) in [6, 6.07) is 15.8. The van der Waals surface area contributed by atoms with Crippen LogP contribution in [0.4, 0.5) is 4.79 Å². The highest BCUT2D eigenvalue weighted by atomic mass is 16.2. The topological polar surface area (TPSA) is 52.7 Å². The van der Waals surface area contributed by atoms with Crippen LogP contribution in [0, 0.1) is 0 Å². The second-order valence-corrected chi connectivity index (χ2v) is 7.07. The van der Waals surface area contributed by atoms with Crippen LogP contribution in [0.3, 0.4) is 0 Å². The molecule has 2 aromatic carbocycles. The fraction of sp³-hybridized carbons (Fsp3) is 0.333. The summed E-state index contributed by atoms with van der Waals surface area (Å²) in [7, 11) is 1.79. The number of benzene rings is 2. The van der Waals surface area contributed by atoms with Crippen molar-refractivity contribution in [2.24, 2.45) is 0 Å². The average Bonchev–Trinajstić information content (AvgIpc) is 2.82. The van der Waals surface area contributed by atoms with Crippen molar-refractivity contribution in [3.63, 3.8) is 0 Å². The summed E-state index contributed by atoms with van der Waals surface area (Å²) < 4.78 is 0. The van der Waals surface area contributed by atoms with E-state index < -0.39 is 6.04 Å². The van der Waals surface area contributed by atoms with Gasteiger partial charge in [-0.25, -0.2) is 4.79 Å². The third-order valence-electron chi connectivity index (χ3n) is 5.29. The molecule has 0 aliphatic carbocycles. The van der Waals surface area contributed by atoms with Gasteiger partial charge in [0.2, 0.25) is 5.91 Å². The Morgan fingerprint density at radius 1 is 1.00 bits per heavy atom. The van der Waals surface area contributed by atoms with Crippen LogP contribution < -0.4 is 5.32 Å². The minimum atomic E-state index is -0.421. The van der Waals surface area contributed by atoms with Crippen molar-refractivity contribution in [3.8, 4) is 11.1 Å². The maximum Gasteiger partial charge on any atom is 0.318 e. The van der Waals surface area contributed by atoms with Crippen LogP contribution in [0.1, 0.15) is 24.0 Å². The molecule has 0 aromatic heterocycles. The molecule has 1 unspecified atom stereocenters. The molecule has 1 atom stereocenters. The molecule has 26 heavy (non-hydrogen) atoms. The molecule has 0 saturated carbocycles. The van der Waals surface area contributed by atoms with E-state index >= 15 is 0 Å². The van der Waals surface area contributed by atoms with E-state index in [4.69, 9.17) is 0 Å². The standard InChI is InChI=1S/C21H23N3O2/c1-23-12-6-11-19(20(23)25)22-21(26)24-13-15-7-2-4-9-17(15)18-10-5-3-8-16(18)14-24/h2-5,7-10,19H,6,11-14H2,1H3,(H,22,26). The Bertz CT molecular complexity index is 801. The fourth-order valence-corrected chi connectivity index (χ4v) is 3.86. The van der Waals surface area contributed by atoms with Crippen molar-refractivity contribution in [3.05, 3.63) is 59.7 Å². The van der Waals surface area contributed by atoms with Gasteiger partial charge in [-0.2, -0.15) is 0 Å². The van der Waals surface area contributed by atoms with Crippen LogP contribution in [0.2, 0.25) is 0 Å². The molecule has 2 aliphatic heterocycles. The summed E-state index contributed by atoms with van der Waals surface area (Å²) >= 11 is 0. The number of fused-ring (bicyclic) bond motifs is 3. The molecule has 0 radical (unpaired) electrons. The predicted octanol–water partition coefficient (Wildman–Crippen LogP) is 3.00. The van der Waals surface area contributed by atoms with Gasteiger partial charge in [0.15, 0.2) is 0 Å². The lowest BCUT2D eigenvalue weighted by molar-refractivity contribution is -0.134. The number of amides is 3. The van der Waals surface area contributed by atoms with Gasteiger partial charge in [-0.05, 0) is 35.1 Å². The normalized spacial score (nSPS) is 19.4. The number of hydrogen-bond donors (Lipinski definition) is 1. The minimum Gasteiger partial charge on any atom is -0.344 e. The van der Waals surface area contributed by atoms with Gasteiger partial charge < -0.3 is 15.1 Å². The fourth-order valence-electron chi connectivity index (χ4n) is 3.86. The number of hydrogen-bond acceptors (Lipinski definition) is 2. The number of likely N-dealkylation sites (tertiary alicyclic amines) is 1. The maximum atomic E-state index is 12.9. The zero-order valence-electron chi connectivity index (χ0n) is 14.9. The van der Waals surface area contributed by atoms with Gasteiger partial charge in [0.25, 0.3) is 0 Å². The lowest BCUT2D eigenvalue weighted by Gasteiger charge is -2.31. The van der Waals surface area contributed by atoms with E-state index in [1.54, 1.807) is 16.8 Å². The molecule has 2 aliphatic rings. The Morgan fingerprint density at radius 2 is 1.58 bits per heavy atom. The monoisotopic (exact) mass is 349 g/mol. The van der Waals surface area contributed by atoms with E-state index in [1.165, 1.54) is 11.1 Å². The van der Waals surface area contributed by atoms with E-state index in [1.807, 2.05) is 24.3 Å². The highest BCUT2D eigenvalue weighted by Crippen LogP contribution is 2.32. The summed E-state index contributed by atoms with van der Waals surface area (Å²) in [5.74, 6) is 0.000206. The number of piperidine rings is 1. The zero-order valence-corrected chi connectivity index (χ0v) is 14.9. The molecule has 1 saturated heterocycles. The van der Waals surface area contributed by atoms with Gasteiger partial charge >= 0.3 is 6.03 Å². The molecular formula is C21H23N3O2. The average molecular weight is 349 g/mol. The second kappa shape index (κ2) is 6.83. The summed E-state index contributed by atoms with van der Waals surface area (Å²) in [5.41, 5.74) is 4.60. The zero-order chi connectivity index (χ0) is 18.1. The molecule has 5 heteroatoms. The summed E-state index contributed by atoms with van der Waals surface area (Å²) in [6.07, 6.45) is 1.62. The largest absolute Gasteiger partial charge is 0.344 e. The molecular weight excluding hydrogens is 326 g/mol. The Hall–Kier alpha value is -2.82. The van der Waals surface area contributed by atoms with Crippen molar-refractivity contribution in [1.82, 2.24) is 15.1 Å². The number of carbonyl (C=O) groups excluding carboxylic acids is 2. The highest BCUT2D eigenvalue weighted by Gasteiger charge is 2.30. The number of nitrogens with zero attached hydrogens (tertiary/aromatic N) is 2. The van der Waals surface area contributed by atoms with Gasteiger partial charge in [0.05, 0.1) is 0 Å². The van der Waals surface area contributed by atoms with E-state index in [0.717, 1.165) is 24.1 Å². The van der Waals surface area contributed by atoms with E-state index in [-0.39, 0.29) is 11.9 Å². The Morgan fingerprint density at radius 3 is 2.19 bits per heavy atom. The van der Waals surface area contributed by atoms with Crippen molar-refractivity contribution < 1.29 is 9.59 Å². The number of likely N-dealkylation sites (N-methyl/N-ethyl adjacent to an activating group) is 1. The van der Waals surface area contributed by atoms with Gasteiger partial charge in [-0.1, -0.05) is 48.5 Å². The molecule has 5 nitrogen and oxygen atoms in total. The molecule has 3 amide bonds. The summed E-state index contributed by atoms with van der Waals surface area (Å²) in [6.45, 7) is 1.83. The van der Waals surface area contributed by atoms with Gasteiger partial charge in [-0.3, -0.25) is 4.79 Å². The van der Waals surface area contributed by atoms with Crippen LogP contribution in [-0.4, -0.2) is 41.4 Å². The second-order valence-electron chi connectivity index (χ2n) is 7.07. The summed E-state index contributed by atoms with van der Waals surface area (Å²) in [4.78, 5) is 28.7. The van der Waals surface area contributed by atoms with E-state index in [9.17, 15) is 9.59 Å². The molecule has 1 fully saturated rings. The Balaban J connectivity index is 1.60. The molecule has 2 heterocycles. The summed E-state index contributed by atoms with van der Waals surface area (Å²) in [5, 5.41) is 2.95. The van der Waals surface area contributed by atoms with Gasteiger partial charge in [-0.15, -0.1) is 0 Å². The minimum absolute atomic E-state index is 0.000206. The third-order valence-corrected chi connectivity index (χ3v) is 5.29. The highest BCUT2D eigenvalue weighted by molar-refractivity contribution is 5.87. The maximum absolute atomic E-state index is 12.9. The van der Waals surface area contributed by atoms with E-state index in [2.05, 4.69) is 29.6 Å². The van der Waals surface area contributed by atoms with Gasteiger partial charge in [0, 0.05) is 26.7 Å². The van der Waals surface area contributed by atoms with Gasteiger partial charge in [0.1, 0.15) is 6.04 Å². The smallest absolute Gasteiger partial charge is 0.318 e. The number of urea groups is 1. The van der Waals surface area contributed by atoms with Crippen LogP contribution in [-0.2, 0) is 17.9 Å². The molecule has 4 rings (SSSR count). The van der Waals surface area contributed by atoms with Crippen molar-refractivity contribution in [2.45, 2.75) is 32.0 Å². The van der Waals surface area contributed by atoms with Crippen molar-refractivity contribution in [1.29, 1.82) is 0 Å². The lowest BCUT2D eigenvalue weighted by Crippen LogP contribution is -2.53. The van der Waals surface area contributed by atoms with Crippen LogP contribution in [0.5, 0.6) is 0 Å². The first kappa shape index (κ1) is 16.6. The van der Waals surface area contributed by atoms with Crippen molar-refractivity contribution >= 4 is 11.9 Å². The molecule has 134 valence electrons. The first-order valence-corrected chi connectivity index (χ1v) is 9.10. The molecule has 0 bridgehead atoms. The first-order chi connectivity index (χ1) is 12.6. The quantitative estimate of drug-likeness (QED) is 0.860. The Labute approximate surface area is 153 Å². The molecule has 2 aromatic rings. The third kappa shape index (κ3) is 3.05. The Kier molecular flexibility index (Phi) is 4.37. The first-order valence-electron chi connectivity index (χ1n) is 9.10. The SMILES string of the molecule is CN1CCCC(NC(=O)N2Cc3ccccc3-c3ccccc3C2)C1=O. The molecule has 1 N–H and O–H groups in total. The van der Waals surface area contributed by atoms with Crippen LogP contribution in [0.15, 0.2) is 48.5 Å². The number of nitrogens with one attached hydrogen (secondary N) is 1. The lowest BCUT2D eigenvalue weighted by atomic mass is 9.97. The number of rotatable bonds is 1. The predicted molar refractivity (Wildman–Crippen MR) is 100 cm³/mol.